The van der Waals surface area contributed by atoms with Crippen molar-refractivity contribution in [2.45, 2.75) is 38.2 Å². The molecule has 1 aliphatic carbocycles. The maximum Gasteiger partial charge on any atom is 0.309 e. The fourth-order valence-electron chi connectivity index (χ4n) is 1.71. The molecule has 1 unspecified atom stereocenters. The molecule has 0 amide bonds. The molecule has 2 nitrogen and oxygen atoms in total. The summed E-state index contributed by atoms with van der Waals surface area (Å²) in [5.41, 5.74) is 0. The second kappa shape index (κ2) is 4.36. The van der Waals surface area contributed by atoms with Crippen molar-refractivity contribution in [3.63, 3.8) is 0 Å². The molecule has 3 heteroatoms. The fourth-order valence-corrected chi connectivity index (χ4v) is 2.74. The molecule has 0 aromatic carbocycles. The summed E-state index contributed by atoms with van der Waals surface area (Å²) in [6, 6.07) is 0. The Morgan fingerprint density at radius 3 is 2.62 bits per heavy atom. The van der Waals surface area contributed by atoms with Gasteiger partial charge in [0, 0.05) is 5.75 Å². The Labute approximate surface area is 83.4 Å². The van der Waals surface area contributed by atoms with Crippen LogP contribution < -0.4 is 0 Å². The number of hydrogen-bond donors (Lipinski definition) is 0. The van der Waals surface area contributed by atoms with Crippen molar-refractivity contribution in [2.75, 3.05) is 11.5 Å². The molecule has 1 saturated heterocycles. The minimum atomic E-state index is 0.0683. The van der Waals surface area contributed by atoms with Gasteiger partial charge in [-0.3, -0.25) is 4.79 Å². The lowest BCUT2D eigenvalue weighted by Crippen LogP contribution is -2.30. The predicted octanol–water partition coefficient (Wildman–Crippen LogP) is 2.23. The second-order valence-electron chi connectivity index (χ2n) is 3.90. The lowest BCUT2D eigenvalue weighted by atomic mass is 9.86. The minimum absolute atomic E-state index is 0.0683. The van der Waals surface area contributed by atoms with Gasteiger partial charge in [-0.25, -0.2) is 0 Å². The molecule has 0 N–H and O–H groups in total. The summed E-state index contributed by atoms with van der Waals surface area (Å²) >= 11 is 1.91. The Morgan fingerprint density at radius 1 is 1.23 bits per heavy atom. The van der Waals surface area contributed by atoms with E-state index in [1.807, 2.05) is 11.8 Å². The monoisotopic (exact) mass is 200 g/mol. The smallest absolute Gasteiger partial charge is 0.309 e. The van der Waals surface area contributed by atoms with E-state index in [9.17, 15) is 4.79 Å². The predicted molar refractivity (Wildman–Crippen MR) is 53.8 cm³/mol. The van der Waals surface area contributed by atoms with Crippen molar-refractivity contribution >= 4 is 17.7 Å². The summed E-state index contributed by atoms with van der Waals surface area (Å²) in [5.74, 6) is 2.56. The van der Waals surface area contributed by atoms with Crippen LogP contribution in [-0.4, -0.2) is 23.6 Å². The van der Waals surface area contributed by atoms with E-state index in [0.29, 0.717) is 0 Å². The molecule has 2 fully saturated rings. The van der Waals surface area contributed by atoms with Crippen LogP contribution in [0.4, 0.5) is 0 Å². The number of carbonyl (C=O) groups is 1. The average molecular weight is 200 g/mol. The Kier molecular flexibility index (Phi) is 3.14. The van der Waals surface area contributed by atoms with Crippen LogP contribution in [-0.2, 0) is 9.53 Å². The van der Waals surface area contributed by atoms with Gasteiger partial charge in [-0.1, -0.05) is 6.42 Å². The third kappa shape index (κ3) is 2.39. The molecule has 74 valence electrons. The van der Waals surface area contributed by atoms with E-state index >= 15 is 0 Å². The molecular formula is C10H16O2S. The van der Waals surface area contributed by atoms with E-state index in [0.717, 1.165) is 25.0 Å². The quantitative estimate of drug-likeness (QED) is 0.639. The zero-order valence-corrected chi connectivity index (χ0v) is 8.65. The van der Waals surface area contributed by atoms with Crippen LogP contribution in [0.15, 0.2) is 0 Å². The van der Waals surface area contributed by atoms with Crippen molar-refractivity contribution < 1.29 is 9.53 Å². The first-order valence-corrected chi connectivity index (χ1v) is 6.30. The summed E-state index contributed by atoms with van der Waals surface area (Å²) in [6.45, 7) is 0. The molecule has 0 radical (unpaired) electrons. The molecule has 2 rings (SSSR count). The standard InChI is InChI=1S/C10H16O2S/c11-10(8-3-1-4-8)12-9-5-2-6-13-7-9/h8-9H,1-7H2. The summed E-state index contributed by atoms with van der Waals surface area (Å²) in [5, 5.41) is 0. The fraction of sp³-hybridized carbons (Fsp3) is 0.900. The van der Waals surface area contributed by atoms with Gasteiger partial charge in [0.2, 0.25) is 0 Å². The van der Waals surface area contributed by atoms with E-state index in [2.05, 4.69) is 0 Å². The molecular weight excluding hydrogens is 184 g/mol. The highest BCUT2D eigenvalue weighted by molar-refractivity contribution is 7.99. The Morgan fingerprint density at radius 2 is 2.08 bits per heavy atom. The van der Waals surface area contributed by atoms with Crippen LogP contribution in [0.2, 0.25) is 0 Å². The summed E-state index contributed by atoms with van der Waals surface area (Å²) in [6.07, 6.45) is 5.81. The van der Waals surface area contributed by atoms with Crippen LogP contribution in [0.5, 0.6) is 0 Å². The second-order valence-corrected chi connectivity index (χ2v) is 5.05. The van der Waals surface area contributed by atoms with Crippen molar-refractivity contribution in [1.82, 2.24) is 0 Å². The van der Waals surface area contributed by atoms with E-state index in [1.165, 1.54) is 18.6 Å². The summed E-state index contributed by atoms with van der Waals surface area (Å²) in [7, 11) is 0. The Bertz CT molecular complexity index is 183. The SMILES string of the molecule is O=C(OC1CCCSC1)C1CCC1. The van der Waals surface area contributed by atoms with Crippen LogP contribution >= 0.6 is 11.8 Å². The Hall–Kier alpha value is -0.180. The molecule has 0 spiro atoms. The number of hydrogen-bond acceptors (Lipinski definition) is 3. The maximum absolute atomic E-state index is 11.5. The first-order chi connectivity index (χ1) is 6.36. The molecule has 1 heterocycles. The van der Waals surface area contributed by atoms with Crippen molar-refractivity contribution in [3.8, 4) is 0 Å². The number of ether oxygens (including phenoxy) is 1. The highest BCUT2D eigenvalue weighted by Crippen LogP contribution is 2.29. The zero-order chi connectivity index (χ0) is 9.10. The van der Waals surface area contributed by atoms with Gasteiger partial charge in [-0.05, 0) is 31.4 Å². The first kappa shape index (κ1) is 9.38. The van der Waals surface area contributed by atoms with Gasteiger partial charge in [0.1, 0.15) is 6.10 Å². The summed E-state index contributed by atoms with van der Waals surface area (Å²) < 4.78 is 5.44. The largest absolute Gasteiger partial charge is 0.461 e. The molecule has 13 heavy (non-hydrogen) atoms. The van der Waals surface area contributed by atoms with Crippen LogP contribution in [0.25, 0.3) is 0 Å². The highest BCUT2D eigenvalue weighted by atomic mass is 32.2. The topological polar surface area (TPSA) is 26.3 Å². The van der Waals surface area contributed by atoms with E-state index in [-0.39, 0.29) is 18.0 Å². The van der Waals surface area contributed by atoms with Gasteiger partial charge in [0.25, 0.3) is 0 Å². The van der Waals surface area contributed by atoms with Gasteiger partial charge in [-0.2, -0.15) is 11.8 Å². The molecule has 0 aromatic heterocycles. The first-order valence-electron chi connectivity index (χ1n) is 5.14. The number of rotatable bonds is 2. The molecule has 0 aromatic rings. The highest BCUT2D eigenvalue weighted by Gasteiger charge is 2.29. The third-order valence-corrected chi connectivity index (χ3v) is 4.02. The van der Waals surface area contributed by atoms with Crippen molar-refractivity contribution in [2.24, 2.45) is 5.92 Å². The van der Waals surface area contributed by atoms with Gasteiger partial charge in [-0.15, -0.1) is 0 Å². The van der Waals surface area contributed by atoms with Crippen LogP contribution in [0.1, 0.15) is 32.1 Å². The molecule has 2 aliphatic rings. The van der Waals surface area contributed by atoms with Gasteiger partial charge in [0.05, 0.1) is 5.92 Å². The van der Waals surface area contributed by atoms with Gasteiger partial charge in [0.15, 0.2) is 0 Å². The lowest BCUT2D eigenvalue weighted by Gasteiger charge is -2.27. The molecule has 1 saturated carbocycles. The van der Waals surface area contributed by atoms with E-state index in [1.54, 1.807) is 0 Å². The normalized spacial score (nSPS) is 29.4. The average Bonchev–Trinajstić information content (AvgIpc) is 2.02. The summed E-state index contributed by atoms with van der Waals surface area (Å²) in [4.78, 5) is 11.5. The molecule has 1 atom stereocenters. The number of carbonyl (C=O) groups excluding carboxylic acids is 1. The maximum atomic E-state index is 11.5. The minimum Gasteiger partial charge on any atom is -0.461 e. The zero-order valence-electron chi connectivity index (χ0n) is 7.83. The third-order valence-electron chi connectivity index (χ3n) is 2.84. The van der Waals surface area contributed by atoms with Gasteiger partial charge < -0.3 is 4.74 Å². The molecule has 0 bridgehead atoms. The van der Waals surface area contributed by atoms with Crippen LogP contribution in [0, 0.1) is 5.92 Å². The lowest BCUT2D eigenvalue weighted by molar-refractivity contribution is -0.156. The molecule has 1 aliphatic heterocycles. The van der Waals surface area contributed by atoms with E-state index < -0.39 is 0 Å². The Balaban J connectivity index is 1.72. The van der Waals surface area contributed by atoms with E-state index in [4.69, 9.17) is 4.74 Å². The van der Waals surface area contributed by atoms with Crippen molar-refractivity contribution in [1.29, 1.82) is 0 Å². The van der Waals surface area contributed by atoms with Gasteiger partial charge >= 0.3 is 5.97 Å². The van der Waals surface area contributed by atoms with Crippen molar-refractivity contribution in [3.05, 3.63) is 0 Å². The van der Waals surface area contributed by atoms with Crippen LogP contribution in [0.3, 0.4) is 0 Å². The number of esters is 1. The number of thioether (sulfide) groups is 1.